The molecule has 2 N–H and O–H groups in total. The van der Waals surface area contributed by atoms with Gasteiger partial charge >= 0.3 is 0 Å². The van der Waals surface area contributed by atoms with Crippen LogP contribution in [0.5, 0.6) is 0 Å². The van der Waals surface area contributed by atoms with Crippen LogP contribution in [0.3, 0.4) is 0 Å². The third-order valence-corrected chi connectivity index (χ3v) is 3.44. The average molecular weight is 278 g/mol. The lowest BCUT2D eigenvalue weighted by atomic mass is 9.99. The summed E-state index contributed by atoms with van der Waals surface area (Å²) in [6.45, 7) is 0.857. The topological polar surface area (TPSA) is 53.6 Å². The minimum absolute atomic E-state index is 0.171. The quantitative estimate of drug-likeness (QED) is 0.729. The maximum atomic E-state index is 4.25. The lowest BCUT2D eigenvalue weighted by molar-refractivity contribution is 0.598. The fraction of sp³-hybridized carbons (Fsp3) is 0.176. The first-order valence-corrected chi connectivity index (χ1v) is 7.10. The number of nitrogens with zero attached hydrogens (tertiary/aromatic N) is 2. The number of hydrogen-bond acceptors (Lipinski definition) is 3. The van der Waals surface area contributed by atoms with E-state index in [9.17, 15) is 0 Å². The van der Waals surface area contributed by atoms with Gasteiger partial charge < -0.3 is 10.3 Å². The van der Waals surface area contributed by atoms with Crippen LogP contribution in [-0.2, 0) is 6.42 Å². The van der Waals surface area contributed by atoms with Crippen molar-refractivity contribution >= 4 is 0 Å². The molecular weight excluding hydrogens is 260 g/mol. The van der Waals surface area contributed by atoms with Gasteiger partial charge in [-0.3, -0.25) is 4.98 Å². The summed E-state index contributed by atoms with van der Waals surface area (Å²) in [5, 5.41) is 3.60. The number of imidazole rings is 1. The zero-order valence-electron chi connectivity index (χ0n) is 11.7. The van der Waals surface area contributed by atoms with E-state index in [1.54, 1.807) is 6.20 Å². The molecule has 0 aliphatic heterocycles. The SMILES string of the molecule is c1ccc(C(NCCc2ncc[nH]2)c2ccncc2)cc1. The molecule has 21 heavy (non-hydrogen) atoms. The number of pyridine rings is 1. The van der Waals surface area contributed by atoms with Crippen molar-refractivity contribution in [3.05, 3.63) is 84.2 Å². The van der Waals surface area contributed by atoms with Gasteiger partial charge in [0.2, 0.25) is 0 Å². The van der Waals surface area contributed by atoms with Gasteiger partial charge in [-0.25, -0.2) is 4.98 Å². The van der Waals surface area contributed by atoms with Crippen LogP contribution in [0.4, 0.5) is 0 Å². The number of aromatic amines is 1. The molecule has 1 unspecified atom stereocenters. The van der Waals surface area contributed by atoms with E-state index in [-0.39, 0.29) is 6.04 Å². The van der Waals surface area contributed by atoms with Crippen LogP contribution in [0.2, 0.25) is 0 Å². The molecule has 2 heterocycles. The molecule has 2 aromatic heterocycles. The predicted octanol–water partition coefficient (Wildman–Crippen LogP) is 2.73. The van der Waals surface area contributed by atoms with Crippen LogP contribution in [0.15, 0.2) is 67.3 Å². The van der Waals surface area contributed by atoms with Crippen molar-refractivity contribution in [2.45, 2.75) is 12.5 Å². The number of nitrogens with one attached hydrogen (secondary N) is 2. The van der Waals surface area contributed by atoms with Crippen LogP contribution in [0.25, 0.3) is 0 Å². The summed E-state index contributed by atoms with van der Waals surface area (Å²) < 4.78 is 0. The molecule has 4 heteroatoms. The lowest BCUT2D eigenvalue weighted by Gasteiger charge is -2.19. The standard InChI is InChI=1S/C17H18N4/c1-2-4-14(5-3-1)17(15-6-9-18-10-7-15)21-11-8-16-19-12-13-20-16/h1-7,9-10,12-13,17,21H,8,11H2,(H,19,20). The highest BCUT2D eigenvalue weighted by Crippen LogP contribution is 2.21. The molecule has 0 fully saturated rings. The van der Waals surface area contributed by atoms with E-state index in [4.69, 9.17) is 0 Å². The van der Waals surface area contributed by atoms with Gasteiger partial charge in [-0.15, -0.1) is 0 Å². The highest BCUT2D eigenvalue weighted by atomic mass is 14.9. The normalized spacial score (nSPS) is 12.2. The van der Waals surface area contributed by atoms with E-state index in [0.29, 0.717) is 0 Å². The molecule has 0 amide bonds. The molecule has 0 radical (unpaired) electrons. The Kier molecular flexibility index (Phi) is 4.39. The van der Waals surface area contributed by atoms with E-state index in [1.807, 2.05) is 24.7 Å². The molecule has 0 spiro atoms. The van der Waals surface area contributed by atoms with Gasteiger partial charge in [0.1, 0.15) is 5.82 Å². The van der Waals surface area contributed by atoms with Crippen molar-refractivity contribution in [1.82, 2.24) is 20.3 Å². The maximum Gasteiger partial charge on any atom is 0.107 e. The molecule has 3 rings (SSSR count). The summed E-state index contributed by atoms with van der Waals surface area (Å²) in [5.41, 5.74) is 2.47. The monoisotopic (exact) mass is 278 g/mol. The number of rotatable bonds is 6. The Bertz CT molecular complexity index is 596. The predicted molar refractivity (Wildman–Crippen MR) is 82.8 cm³/mol. The zero-order chi connectivity index (χ0) is 14.3. The van der Waals surface area contributed by atoms with Crippen LogP contribution < -0.4 is 5.32 Å². The van der Waals surface area contributed by atoms with Crippen molar-refractivity contribution in [3.63, 3.8) is 0 Å². The third kappa shape index (κ3) is 3.55. The highest BCUT2D eigenvalue weighted by molar-refractivity contribution is 5.30. The fourth-order valence-electron chi connectivity index (χ4n) is 2.40. The number of benzene rings is 1. The number of H-pyrrole nitrogens is 1. The Labute approximate surface area is 124 Å². The van der Waals surface area contributed by atoms with Crippen LogP contribution in [-0.4, -0.2) is 21.5 Å². The van der Waals surface area contributed by atoms with Crippen LogP contribution in [0, 0.1) is 0 Å². The van der Waals surface area contributed by atoms with Crippen molar-refractivity contribution in [2.75, 3.05) is 6.54 Å². The van der Waals surface area contributed by atoms with Gasteiger partial charge in [0, 0.05) is 37.8 Å². The molecule has 0 saturated heterocycles. The number of hydrogen-bond donors (Lipinski definition) is 2. The van der Waals surface area contributed by atoms with Gasteiger partial charge in [0.05, 0.1) is 6.04 Å². The second-order valence-electron chi connectivity index (χ2n) is 4.86. The van der Waals surface area contributed by atoms with Gasteiger partial charge in [-0.2, -0.15) is 0 Å². The van der Waals surface area contributed by atoms with Crippen LogP contribution >= 0.6 is 0 Å². The summed E-state index contributed by atoms with van der Waals surface area (Å²) in [6, 6.07) is 14.7. The van der Waals surface area contributed by atoms with E-state index >= 15 is 0 Å². The maximum absolute atomic E-state index is 4.25. The van der Waals surface area contributed by atoms with E-state index in [2.05, 4.69) is 56.7 Å². The first-order valence-electron chi connectivity index (χ1n) is 7.10. The molecule has 1 atom stereocenters. The molecule has 1 aromatic carbocycles. The molecule has 4 nitrogen and oxygen atoms in total. The Balaban J connectivity index is 1.73. The Morgan fingerprint density at radius 1 is 0.952 bits per heavy atom. The summed E-state index contributed by atoms with van der Waals surface area (Å²) >= 11 is 0. The summed E-state index contributed by atoms with van der Waals surface area (Å²) in [4.78, 5) is 11.5. The summed E-state index contributed by atoms with van der Waals surface area (Å²) in [7, 11) is 0. The minimum atomic E-state index is 0.171. The Morgan fingerprint density at radius 2 is 1.71 bits per heavy atom. The van der Waals surface area contributed by atoms with Gasteiger partial charge in [0.25, 0.3) is 0 Å². The minimum Gasteiger partial charge on any atom is -0.349 e. The van der Waals surface area contributed by atoms with Crippen molar-refractivity contribution < 1.29 is 0 Å². The van der Waals surface area contributed by atoms with Crippen molar-refractivity contribution in [2.24, 2.45) is 0 Å². The second-order valence-corrected chi connectivity index (χ2v) is 4.86. The fourth-order valence-corrected chi connectivity index (χ4v) is 2.40. The van der Waals surface area contributed by atoms with E-state index in [1.165, 1.54) is 11.1 Å². The average Bonchev–Trinajstić information content (AvgIpc) is 3.07. The molecule has 0 aliphatic carbocycles. The molecule has 3 aromatic rings. The highest BCUT2D eigenvalue weighted by Gasteiger charge is 2.12. The lowest BCUT2D eigenvalue weighted by Crippen LogP contribution is -2.25. The first-order chi connectivity index (χ1) is 10.4. The van der Waals surface area contributed by atoms with Gasteiger partial charge in [-0.1, -0.05) is 30.3 Å². The largest absolute Gasteiger partial charge is 0.349 e. The molecule has 0 bridgehead atoms. The summed E-state index contributed by atoms with van der Waals surface area (Å²) in [5.74, 6) is 1.00. The summed E-state index contributed by atoms with van der Waals surface area (Å²) in [6.07, 6.45) is 8.18. The van der Waals surface area contributed by atoms with Gasteiger partial charge in [-0.05, 0) is 23.3 Å². The second kappa shape index (κ2) is 6.81. The third-order valence-electron chi connectivity index (χ3n) is 3.44. The van der Waals surface area contributed by atoms with Crippen molar-refractivity contribution in [3.8, 4) is 0 Å². The molecule has 106 valence electrons. The van der Waals surface area contributed by atoms with Gasteiger partial charge in [0.15, 0.2) is 0 Å². The first kappa shape index (κ1) is 13.5. The van der Waals surface area contributed by atoms with Crippen LogP contribution in [0.1, 0.15) is 23.0 Å². The van der Waals surface area contributed by atoms with E-state index < -0.39 is 0 Å². The van der Waals surface area contributed by atoms with E-state index in [0.717, 1.165) is 18.8 Å². The zero-order valence-corrected chi connectivity index (χ0v) is 11.7. The molecule has 0 saturated carbocycles. The van der Waals surface area contributed by atoms with Crippen molar-refractivity contribution in [1.29, 1.82) is 0 Å². The Morgan fingerprint density at radius 3 is 2.43 bits per heavy atom. The molecular formula is C17H18N4. The smallest absolute Gasteiger partial charge is 0.107 e. The number of aromatic nitrogens is 3. The Hall–Kier alpha value is -2.46. The molecule has 0 aliphatic rings.